The van der Waals surface area contributed by atoms with Gasteiger partial charge in [0.2, 0.25) is 0 Å². The Kier molecular flexibility index (Phi) is 3.88. The Morgan fingerprint density at radius 3 is 3.00 bits per heavy atom. The van der Waals surface area contributed by atoms with Gasteiger partial charge < -0.3 is 10.0 Å². The quantitative estimate of drug-likeness (QED) is 0.892. The molecule has 2 aromatic heterocycles. The number of carbonyl (C=O) groups is 1. The molecule has 0 spiro atoms. The van der Waals surface area contributed by atoms with E-state index in [2.05, 4.69) is 16.3 Å². The fraction of sp³-hybridized carbons (Fsp3) is 0.250. The Bertz CT molecular complexity index is 528. The summed E-state index contributed by atoms with van der Waals surface area (Å²) in [4.78, 5) is 14.1. The Labute approximate surface area is 109 Å². The van der Waals surface area contributed by atoms with Crippen LogP contribution in [0.15, 0.2) is 29.8 Å². The van der Waals surface area contributed by atoms with Gasteiger partial charge in [-0.3, -0.25) is 0 Å². The number of aromatic nitrogens is 2. The Morgan fingerprint density at radius 1 is 1.50 bits per heavy atom. The van der Waals surface area contributed by atoms with Crippen LogP contribution in [0.2, 0.25) is 0 Å². The van der Waals surface area contributed by atoms with Crippen molar-refractivity contribution in [2.75, 3.05) is 18.5 Å². The smallest absolute Gasteiger partial charge is 0.339 e. The fourth-order valence-corrected chi connectivity index (χ4v) is 2.31. The van der Waals surface area contributed by atoms with Crippen molar-refractivity contribution in [2.24, 2.45) is 0 Å². The molecule has 0 radical (unpaired) electrons. The molecule has 0 atom stereocenters. The summed E-state index contributed by atoms with van der Waals surface area (Å²) in [5, 5.41) is 18.7. The van der Waals surface area contributed by atoms with Gasteiger partial charge in [-0.15, -0.1) is 16.4 Å². The number of aromatic carboxylic acids is 1. The van der Waals surface area contributed by atoms with Gasteiger partial charge in [0.15, 0.2) is 5.82 Å². The largest absolute Gasteiger partial charge is 0.478 e. The Hall–Kier alpha value is -1.95. The molecule has 0 bridgehead atoms. The standard InChI is InChI=1S/C12H13N3O2S/c1-15(7-5-9-3-2-8-18-9)11-10(12(16)17)4-6-13-14-11/h2-4,6,8H,5,7H2,1H3,(H,16,17). The molecule has 1 N–H and O–H groups in total. The minimum atomic E-state index is -0.983. The van der Waals surface area contributed by atoms with Crippen molar-refractivity contribution in [1.82, 2.24) is 10.2 Å². The van der Waals surface area contributed by atoms with Crippen molar-refractivity contribution in [3.8, 4) is 0 Å². The van der Waals surface area contributed by atoms with E-state index in [-0.39, 0.29) is 5.56 Å². The van der Waals surface area contributed by atoms with Crippen LogP contribution in [0.1, 0.15) is 15.2 Å². The summed E-state index contributed by atoms with van der Waals surface area (Å²) in [6.45, 7) is 0.708. The van der Waals surface area contributed by atoms with E-state index in [9.17, 15) is 4.79 Å². The number of hydrogen-bond donors (Lipinski definition) is 1. The molecule has 94 valence electrons. The minimum Gasteiger partial charge on any atom is -0.478 e. The summed E-state index contributed by atoms with van der Waals surface area (Å²) < 4.78 is 0. The summed E-state index contributed by atoms with van der Waals surface area (Å²) in [6.07, 6.45) is 2.25. The van der Waals surface area contributed by atoms with E-state index in [4.69, 9.17) is 5.11 Å². The van der Waals surface area contributed by atoms with Crippen molar-refractivity contribution in [3.63, 3.8) is 0 Å². The summed E-state index contributed by atoms with van der Waals surface area (Å²) in [5.74, 6) is -0.579. The van der Waals surface area contributed by atoms with Crippen molar-refractivity contribution >= 4 is 23.1 Å². The molecule has 0 saturated heterocycles. The maximum Gasteiger partial charge on any atom is 0.339 e. The normalized spacial score (nSPS) is 10.3. The van der Waals surface area contributed by atoms with E-state index >= 15 is 0 Å². The molecule has 0 unspecified atom stereocenters. The van der Waals surface area contributed by atoms with Gasteiger partial charge in [0.25, 0.3) is 0 Å². The van der Waals surface area contributed by atoms with Crippen molar-refractivity contribution in [1.29, 1.82) is 0 Å². The second-order valence-electron chi connectivity index (χ2n) is 3.82. The second-order valence-corrected chi connectivity index (χ2v) is 4.86. The predicted molar refractivity (Wildman–Crippen MR) is 70.3 cm³/mol. The number of rotatable bonds is 5. The number of anilines is 1. The SMILES string of the molecule is CN(CCc1cccs1)c1nnccc1C(=O)O. The Morgan fingerprint density at radius 2 is 2.33 bits per heavy atom. The first-order chi connectivity index (χ1) is 8.68. The van der Waals surface area contributed by atoms with Gasteiger partial charge in [-0.05, 0) is 23.9 Å². The summed E-state index contributed by atoms with van der Waals surface area (Å²) >= 11 is 1.69. The molecule has 5 nitrogen and oxygen atoms in total. The lowest BCUT2D eigenvalue weighted by Gasteiger charge is -2.18. The van der Waals surface area contributed by atoms with E-state index in [1.807, 2.05) is 23.4 Å². The van der Waals surface area contributed by atoms with Gasteiger partial charge in [0.05, 0.1) is 6.20 Å². The predicted octanol–water partition coefficient (Wildman–Crippen LogP) is 1.92. The van der Waals surface area contributed by atoms with Gasteiger partial charge in [0, 0.05) is 18.5 Å². The third-order valence-electron chi connectivity index (χ3n) is 2.57. The molecular weight excluding hydrogens is 250 g/mol. The molecule has 0 aliphatic rings. The molecule has 6 heteroatoms. The summed E-state index contributed by atoms with van der Waals surface area (Å²) in [7, 11) is 1.82. The number of likely N-dealkylation sites (N-methyl/N-ethyl adjacent to an activating group) is 1. The molecule has 0 fully saturated rings. The first kappa shape index (κ1) is 12.5. The molecule has 0 saturated carbocycles. The zero-order valence-electron chi connectivity index (χ0n) is 9.91. The molecule has 18 heavy (non-hydrogen) atoms. The summed E-state index contributed by atoms with van der Waals surface area (Å²) in [5.41, 5.74) is 0.179. The van der Waals surface area contributed by atoms with Crippen molar-refractivity contribution in [2.45, 2.75) is 6.42 Å². The average molecular weight is 263 g/mol. The molecule has 0 aliphatic heterocycles. The highest BCUT2D eigenvalue weighted by Gasteiger charge is 2.15. The van der Waals surface area contributed by atoms with Gasteiger partial charge in [-0.2, -0.15) is 5.10 Å². The zero-order valence-corrected chi connectivity index (χ0v) is 10.7. The lowest BCUT2D eigenvalue weighted by atomic mass is 10.2. The maximum atomic E-state index is 11.1. The lowest BCUT2D eigenvalue weighted by Crippen LogP contribution is -2.24. The summed E-state index contributed by atoms with van der Waals surface area (Å²) in [6, 6.07) is 5.53. The van der Waals surface area contributed by atoms with Gasteiger partial charge in [-0.1, -0.05) is 6.07 Å². The number of carboxylic acids is 1. The van der Waals surface area contributed by atoms with E-state index in [0.717, 1.165) is 6.42 Å². The second kappa shape index (κ2) is 5.59. The van der Waals surface area contributed by atoms with E-state index < -0.39 is 5.97 Å². The third-order valence-corrected chi connectivity index (χ3v) is 3.50. The van der Waals surface area contributed by atoms with Crippen LogP contribution in [0.25, 0.3) is 0 Å². The number of carboxylic acid groups (broad SMARTS) is 1. The highest BCUT2D eigenvalue weighted by Crippen LogP contribution is 2.16. The van der Waals surface area contributed by atoms with Crippen LogP contribution in [0.4, 0.5) is 5.82 Å². The monoisotopic (exact) mass is 263 g/mol. The number of thiophene rings is 1. The third kappa shape index (κ3) is 2.84. The average Bonchev–Trinajstić information content (AvgIpc) is 2.89. The minimum absolute atomic E-state index is 0.179. The molecule has 0 amide bonds. The van der Waals surface area contributed by atoms with Gasteiger partial charge >= 0.3 is 5.97 Å². The first-order valence-corrected chi connectivity index (χ1v) is 6.35. The lowest BCUT2D eigenvalue weighted by molar-refractivity contribution is 0.0697. The van der Waals surface area contributed by atoms with Crippen LogP contribution >= 0.6 is 11.3 Å². The molecule has 2 heterocycles. The topological polar surface area (TPSA) is 66.3 Å². The van der Waals surface area contributed by atoms with Crippen LogP contribution in [-0.2, 0) is 6.42 Å². The van der Waals surface area contributed by atoms with Crippen molar-refractivity contribution < 1.29 is 9.90 Å². The molecular formula is C12H13N3O2S. The number of hydrogen-bond acceptors (Lipinski definition) is 5. The molecule has 0 aromatic carbocycles. The van der Waals surface area contributed by atoms with E-state index in [1.165, 1.54) is 17.1 Å². The van der Waals surface area contributed by atoms with E-state index in [1.54, 1.807) is 11.3 Å². The molecule has 2 aromatic rings. The highest BCUT2D eigenvalue weighted by atomic mass is 32.1. The van der Waals surface area contributed by atoms with Crippen LogP contribution in [-0.4, -0.2) is 34.9 Å². The van der Waals surface area contributed by atoms with Gasteiger partial charge in [0.1, 0.15) is 5.56 Å². The van der Waals surface area contributed by atoms with Crippen LogP contribution in [0.3, 0.4) is 0 Å². The fourth-order valence-electron chi connectivity index (χ4n) is 1.61. The maximum absolute atomic E-state index is 11.1. The zero-order chi connectivity index (χ0) is 13.0. The molecule has 2 rings (SSSR count). The van der Waals surface area contributed by atoms with Crippen LogP contribution in [0.5, 0.6) is 0 Å². The number of nitrogens with zero attached hydrogens (tertiary/aromatic N) is 3. The van der Waals surface area contributed by atoms with Crippen LogP contribution < -0.4 is 4.90 Å². The first-order valence-electron chi connectivity index (χ1n) is 5.47. The van der Waals surface area contributed by atoms with Crippen LogP contribution in [0, 0.1) is 0 Å². The van der Waals surface area contributed by atoms with Gasteiger partial charge in [-0.25, -0.2) is 4.79 Å². The van der Waals surface area contributed by atoms with E-state index in [0.29, 0.717) is 12.4 Å². The Balaban J connectivity index is 2.09. The highest BCUT2D eigenvalue weighted by molar-refractivity contribution is 7.09. The molecule has 0 aliphatic carbocycles. The van der Waals surface area contributed by atoms with Crippen molar-refractivity contribution in [3.05, 3.63) is 40.2 Å².